The molecule has 1 aromatic carbocycles. The Bertz CT molecular complexity index is 624. The molecule has 1 aliphatic rings. The van der Waals surface area contributed by atoms with Crippen molar-refractivity contribution in [2.45, 2.75) is 51.9 Å². The lowest BCUT2D eigenvalue weighted by atomic mass is 9.83. The molecule has 136 valence electrons. The summed E-state index contributed by atoms with van der Waals surface area (Å²) in [5.74, 6) is 0.958. The number of anilines is 1. The molecule has 0 radical (unpaired) electrons. The molecule has 2 rings (SSSR count). The SMILES string of the molecule is C[C@H]1CC/C=C/CC/C=C\CC[C@H]1CC(=O)Nc1ccc(Cl)c(Cl)c1. The zero-order chi connectivity index (χ0) is 18.1. The summed E-state index contributed by atoms with van der Waals surface area (Å²) >= 11 is 11.9. The Kier molecular flexibility index (Phi) is 8.57. The van der Waals surface area contributed by atoms with Crippen molar-refractivity contribution in [3.8, 4) is 0 Å². The molecule has 0 bridgehead atoms. The van der Waals surface area contributed by atoms with Crippen molar-refractivity contribution < 1.29 is 4.79 Å². The Morgan fingerprint density at radius 3 is 2.32 bits per heavy atom. The summed E-state index contributed by atoms with van der Waals surface area (Å²) in [5, 5.41) is 3.90. The van der Waals surface area contributed by atoms with Gasteiger partial charge < -0.3 is 5.32 Å². The maximum Gasteiger partial charge on any atom is 0.224 e. The molecule has 0 fully saturated rings. The van der Waals surface area contributed by atoms with Crippen LogP contribution in [0, 0.1) is 11.8 Å². The van der Waals surface area contributed by atoms with E-state index in [1.165, 1.54) is 0 Å². The van der Waals surface area contributed by atoms with Crippen molar-refractivity contribution >= 4 is 34.8 Å². The fourth-order valence-corrected chi connectivity index (χ4v) is 3.48. The van der Waals surface area contributed by atoms with Gasteiger partial charge in [-0.25, -0.2) is 0 Å². The number of nitrogens with one attached hydrogen (secondary N) is 1. The predicted molar refractivity (Wildman–Crippen MR) is 108 cm³/mol. The van der Waals surface area contributed by atoms with Crippen molar-refractivity contribution in [1.82, 2.24) is 0 Å². The molecule has 1 N–H and O–H groups in total. The quantitative estimate of drug-likeness (QED) is 0.560. The highest BCUT2D eigenvalue weighted by Crippen LogP contribution is 2.28. The molecule has 0 saturated carbocycles. The van der Waals surface area contributed by atoms with Gasteiger partial charge in [0.15, 0.2) is 0 Å². The van der Waals surface area contributed by atoms with E-state index in [2.05, 4.69) is 36.5 Å². The average molecular weight is 380 g/mol. The summed E-state index contributed by atoms with van der Waals surface area (Å²) in [6.07, 6.45) is 16.1. The number of benzene rings is 1. The summed E-state index contributed by atoms with van der Waals surface area (Å²) < 4.78 is 0. The minimum atomic E-state index is 0.0434. The van der Waals surface area contributed by atoms with E-state index >= 15 is 0 Å². The van der Waals surface area contributed by atoms with E-state index in [-0.39, 0.29) is 5.91 Å². The monoisotopic (exact) mass is 379 g/mol. The van der Waals surface area contributed by atoms with E-state index in [9.17, 15) is 4.79 Å². The first-order valence-electron chi connectivity index (χ1n) is 9.11. The van der Waals surface area contributed by atoms with Crippen molar-refractivity contribution in [1.29, 1.82) is 0 Å². The smallest absolute Gasteiger partial charge is 0.224 e. The van der Waals surface area contributed by atoms with Gasteiger partial charge in [-0.05, 0) is 68.6 Å². The Hall–Kier alpha value is -1.25. The molecule has 2 nitrogen and oxygen atoms in total. The van der Waals surface area contributed by atoms with Crippen LogP contribution in [0.3, 0.4) is 0 Å². The molecular weight excluding hydrogens is 353 g/mol. The van der Waals surface area contributed by atoms with Crippen LogP contribution in [0.4, 0.5) is 5.69 Å². The first-order valence-corrected chi connectivity index (χ1v) is 9.86. The summed E-state index contributed by atoms with van der Waals surface area (Å²) in [5.41, 5.74) is 0.697. The second kappa shape index (κ2) is 10.7. The van der Waals surface area contributed by atoms with Gasteiger partial charge in [-0.2, -0.15) is 0 Å². The molecular formula is C21H27Cl2NO. The third-order valence-corrected chi connectivity index (χ3v) is 5.52. The minimum absolute atomic E-state index is 0.0434. The second-order valence-electron chi connectivity index (χ2n) is 6.79. The molecule has 2 atom stereocenters. The van der Waals surface area contributed by atoms with Crippen LogP contribution in [-0.4, -0.2) is 5.91 Å². The van der Waals surface area contributed by atoms with E-state index in [1.54, 1.807) is 18.2 Å². The van der Waals surface area contributed by atoms with E-state index in [0.29, 0.717) is 34.0 Å². The lowest BCUT2D eigenvalue weighted by Gasteiger charge is -2.23. The number of carbonyl (C=O) groups is 1. The molecule has 1 amide bonds. The van der Waals surface area contributed by atoms with E-state index in [1.807, 2.05) is 0 Å². The highest BCUT2D eigenvalue weighted by molar-refractivity contribution is 6.42. The summed E-state index contributed by atoms with van der Waals surface area (Å²) in [6.45, 7) is 2.26. The molecule has 4 heteroatoms. The van der Waals surface area contributed by atoms with Crippen LogP contribution in [0.5, 0.6) is 0 Å². The molecule has 25 heavy (non-hydrogen) atoms. The first-order chi connectivity index (χ1) is 12.1. The molecule has 0 aliphatic heterocycles. The van der Waals surface area contributed by atoms with Crippen LogP contribution in [0.2, 0.25) is 10.0 Å². The first kappa shape index (κ1) is 20.1. The zero-order valence-electron chi connectivity index (χ0n) is 14.8. The Morgan fingerprint density at radius 2 is 1.64 bits per heavy atom. The van der Waals surface area contributed by atoms with Crippen molar-refractivity contribution in [3.05, 3.63) is 52.5 Å². The second-order valence-corrected chi connectivity index (χ2v) is 7.61. The molecule has 1 aromatic rings. The maximum atomic E-state index is 12.5. The topological polar surface area (TPSA) is 29.1 Å². The summed E-state index contributed by atoms with van der Waals surface area (Å²) in [6, 6.07) is 5.18. The van der Waals surface area contributed by atoms with Crippen LogP contribution >= 0.6 is 23.2 Å². The Balaban J connectivity index is 1.95. The number of hydrogen-bond acceptors (Lipinski definition) is 1. The molecule has 0 heterocycles. The van der Waals surface area contributed by atoms with Gasteiger partial charge in [0.05, 0.1) is 10.0 Å². The van der Waals surface area contributed by atoms with E-state index in [4.69, 9.17) is 23.2 Å². The number of allylic oxidation sites excluding steroid dienone is 4. The van der Waals surface area contributed by atoms with Gasteiger partial charge in [-0.1, -0.05) is 54.4 Å². The van der Waals surface area contributed by atoms with Crippen LogP contribution < -0.4 is 5.32 Å². The number of carbonyl (C=O) groups excluding carboxylic acids is 1. The van der Waals surface area contributed by atoms with Crippen LogP contribution in [-0.2, 0) is 4.79 Å². The van der Waals surface area contributed by atoms with Crippen LogP contribution in [0.15, 0.2) is 42.5 Å². The van der Waals surface area contributed by atoms with Crippen LogP contribution in [0.25, 0.3) is 0 Å². The number of amides is 1. The van der Waals surface area contributed by atoms with E-state index in [0.717, 1.165) is 38.5 Å². The number of hydrogen-bond donors (Lipinski definition) is 1. The number of rotatable bonds is 3. The fourth-order valence-electron chi connectivity index (χ4n) is 3.18. The van der Waals surface area contributed by atoms with Gasteiger partial charge in [0.25, 0.3) is 0 Å². The van der Waals surface area contributed by atoms with E-state index < -0.39 is 0 Å². The molecule has 0 unspecified atom stereocenters. The van der Waals surface area contributed by atoms with Gasteiger partial charge in [0, 0.05) is 12.1 Å². The molecule has 0 aromatic heterocycles. The summed E-state index contributed by atoms with van der Waals surface area (Å²) in [4.78, 5) is 12.5. The van der Waals surface area contributed by atoms with Gasteiger partial charge in [0.2, 0.25) is 5.91 Å². The molecule has 1 aliphatic carbocycles. The standard InChI is InChI=1S/C21H27Cl2NO/c1-16-10-8-6-4-2-3-5-7-9-11-17(16)14-21(25)24-18-12-13-19(22)20(23)15-18/h4-7,12-13,15-17H,2-3,8-11,14H2,1H3,(H,24,25)/b6-4+,7-5-/t16-,17-/m0/s1. The van der Waals surface area contributed by atoms with Crippen molar-refractivity contribution in [2.75, 3.05) is 5.32 Å². The fraction of sp³-hybridized carbons (Fsp3) is 0.476. The van der Waals surface area contributed by atoms with Crippen molar-refractivity contribution in [3.63, 3.8) is 0 Å². The number of halogens is 2. The van der Waals surface area contributed by atoms with Crippen LogP contribution in [0.1, 0.15) is 51.9 Å². The third kappa shape index (κ3) is 7.25. The van der Waals surface area contributed by atoms with Gasteiger partial charge >= 0.3 is 0 Å². The largest absolute Gasteiger partial charge is 0.326 e. The third-order valence-electron chi connectivity index (χ3n) is 4.78. The van der Waals surface area contributed by atoms with Gasteiger partial charge in [0.1, 0.15) is 0 Å². The molecule has 0 spiro atoms. The van der Waals surface area contributed by atoms with Crippen molar-refractivity contribution in [2.24, 2.45) is 11.8 Å². The van der Waals surface area contributed by atoms with Gasteiger partial charge in [-0.3, -0.25) is 4.79 Å². The maximum absolute atomic E-state index is 12.5. The lowest BCUT2D eigenvalue weighted by molar-refractivity contribution is -0.117. The normalized spacial score (nSPS) is 24.6. The van der Waals surface area contributed by atoms with Gasteiger partial charge in [-0.15, -0.1) is 0 Å². The minimum Gasteiger partial charge on any atom is -0.326 e. The highest BCUT2D eigenvalue weighted by atomic mass is 35.5. The lowest BCUT2D eigenvalue weighted by Crippen LogP contribution is -2.21. The molecule has 0 saturated heterocycles. The Morgan fingerprint density at radius 1 is 1.00 bits per heavy atom. The Labute approximate surface area is 161 Å². The zero-order valence-corrected chi connectivity index (χ0v) is 16.3. The summed E-state index contributed by atoms with van der Waals surface area (Å²) in [7, 11) is 0. The average Bonchev–Trinajstić information content (AvgIpc) is 2.57. The predicted octanol–water partition coefficient (Wildman–Crippen LogP) is 7.04. The highest BCUT2D eigenvalue weighted by Gasteiger charge is 2.20.